The Balaban J connectivity index is 3.01. The molecule has 0 N–H and O–H groups in total. The Bertz CT molecular complexity index is 872. The highest BCUT2D eigenvalue weighted by Crippen LogP contribution is 2.63. The first kappa shape index (κ1) is 18.4. The summed E-state index contributed by atoms with van der Waals surface area (Å²) in [6.45, 7) is 0. The van der Waals surface area contributed by atoms with Gasteiger partial charge in [-0.15, -0.1) is 0 Å². The van der Waals surface area contributed by atoms with Gasteiger partial charge in [0, 0.05) is 7.11 Å². The molecular formula is C17H11BrN4O3. The van der Waals surface area contributed by atoms with Crippen LogP contribution in [0.3, 0.4) is 0 Å². The Morgan fingerprint density at radius 1 is 1.08 bits per heavy atom. The van der Waals surface area contributed by atoms with Crippen molar-refractivity contribution in [3.63, 3.8) is 0 Å². The van der Waals surface area contributed by atoms with Crippen LogP contribution in [-0.2, 0) is 9.47 Å². The maximum absolute atomic E-state index is 12.1. The first-order valence-corrected chi connectivity index (χ1v) is 7.89. The number of methoxy groups -OCH3 is 2. The zero-order valence-corrected chi connectivity index (χ0v) is 14.9. The summed E-state index contributed by atoms with van der Waals surface area (Å²) in [5.74, 6) is -0.664. The van der Waals surface area contributed by atoms with Crippen molar-refractivity contribution in [1.29, 1.82) is 21.0 Å². The molecule has 1 aliphatic rings. The molecule has 7 nitrogen and oxygen atoms in total. The smallest absolute Gasteiger partial charge is 0.338 e. The van der Waals surface area contributed by atoms with E-state index in [9.17, 15) is 25.8 Å². The molecule has 1 aliphatic carbocycles. The highest BCUT2D eigenvalue weighted by Gasteiger charge is 2.67. The lowest BCUT2D eigenvalue weighted by Gasteiger charge is -2.45. The average molecular weight is 399 g/mol. The first-order chi connectivity index (χ1) is 11.9. The maximum Gasteiger partial charge on any atom is 0.338 e. The number of hydrogen-bond donors (Lipinski definition) is 0. The van der Waals surface area contributed by atoms with Crippen molar-refractivity contribution in [3.05, 3.63) is 34.9 Å². The summed E-state index contributed by atoms with van der Waals surface area (Å²) in [5.41, 5.74) is -3.40. The minimum Gasteiger partial charge on any atom is -0.465 e. The minimum absolute atomic E-state index is 0.128. The van der Waals surface area contributed by atoms with Gasteiger partial charge >= 0.3 is 5.97 Å². The molecule has 1 aromatic rings. The molecule has 0 amide bonds. The third kappa shape index (κ3) is 2.13. The molecule has 25 heavy (non-hydrogen) atoms. The fourth-order valence-corrected chi connectivity index (χ4v) is 4.25. The molecule has 0 bridgehead atoms. The Morgan fingerprint density at radius 3 is 2.08 bits per heavy atom. The zero-order valence-electron chi connectivity index (χ0n) is 13.3. The van der Waals surface area contributed by atoms with E-state index in [-0.39, 0.29) is 5.56 Å². The van der Waals surface area contributed by atoms with Crippen molar-refractivity contribution in [2.75, 3.05) is 14.2 Å². The summed E-state index contributed by atoms with van der Waals surface area (Å²) in [6, 6.07) is 11.9. The van der Waals surface area contributed by atoms with Crippen molar-refractivity contribution in [2.45, 2.75) is 10.9 Å². The van der Waals surface area contributed by atoms with Crippen molar-refractivity contribution >= 4 is 21.9 Å². The maximum atomic E-state index is 12.1. The lowest BCUT2D eigenvalue weighted by atomic mass is 9.55. The van der Waals surface area contributed by atoms with E-state index in [1.54, 1.807) is 12.1 Å². The second kappa shape index (κ2) is 6.54. The molecule has 124 valence electrons. The van der Waals surface area contributed by atoms with Gasteiger partial charge in [0.1, 0.15) is 6.10 Å². The summed E-state index contributed by atoms with van der Waals surface area (Å²) in [4.78, 5) is 11.1. The number of carbonyl (C=O) groups excluding carboxylic acids is 1. The molecule has 0 unspecified atom stereocenters. The van der Waals surface area contributed by atoms with Crippen LogP contribution >= 0.6 is 15.9 Å². The zero-order chi connectivity index (χ0) is 18.8. The lowest BCUT2D eigenvalue weighted by molar-refractivity contribution is -0.00253. The number of fused-ring (bicyclic) bond motifs is 1. The monoisotopic (exact) mass is 398 g/mol. The average Bonchev–Trinajstić information content (AvgIpc) is 2.66. The third-order valence-corrected chi connectivity index (χ3v) is 5.56. The molecule has 0 fully saturated rings. The quantitative estimate of drug-likeness (QED) is 0.552. The Morgan fingerprint density at radius 2 is 1.64 bits per heavy atom. The Hall–Kier alpha value is -2.91. The number of esters is 1. The number of ether oxygens (including phenoxy) is 2. The van der Waals surface area contributed by atoms with Gasteiger partial charge in [0.15, 0.2) is 5.41 Å². The third-order valence-electron chi connectivity index (χ3n) is 4.42. The highest BCUT2D eigenvalue weighted by atomic mass is 79.9. The predicted octanol–water partition coefficient (Wildman–Crippen LogP) is 2.68. The number of hydrogen-bond acceptors (Lipinski definition) is 7. The van der Waals surface area contributed by atoms with Crippen LogP contribution < -0.4 is 0 Å². The van der Waals surface area contributed by atoms with Crippen LogP contribution in [0.2, 0.25) is 0 Å². The number of nitrogens with zero attached hydrogens (tertiary/aromatic N) is 4. The van der Waals surface area contributed by atoms with Gasteiger partial charge in [-0.05, 0) is 17.2 Å². The van der Waals surface area contributed by atoms with E-state index in [4.69, 9.17) is 9.47 Å². The van der Waals surface area contributed by atoms with E-state index in [0.717, 1.165) is 0 Å². The van der Waals surface area contributed by atoms with Crippen LogP contribution in [0.5, 0.6) is 0 Å². The molecule has 0 aliphatic heterocycles. The fourth-order valence-electron chi connectivity index (χ4n) is 3.18. The molecule has 0 spiro atoms. The number of rotatable bonds is 2. The molecule has 2 atom stereocenters. The summed E-state index contributed by atoms with van der Waals surface area (Å²) in [6.07, 6.45) is -1.20. The Kier molecular flexibility index (Phi) is 4.82. The summed E-state index contributed by atoms with van der Waals surface area (Å²) < 4.78 is 10.1. The van der Waals surface area contributed by atoms with E-state index < -0.39 is 27.7 Å². The van der Waals surface area contributed by atoms with E-state index in [0.29, 0.717) is 11.1 Å². The molecule has 0 radical (unpaired) electrons. The van der Waals surface area contributed by atoms with E-state index >= 15 is 0 Å². The standard InChI is InChI=1S/C17H11BrN4O3/c1-24-14-10-4-3-5-11(15(23)25-2)12(10)13(18)16(6-19,7-20)17(14,8-21)9-22/h3-5,13-14H,1-2H3/t13-,14+/m1/s1. The van der Waals surface area contributed by atoms with Gasteiger partial charge in [-0.2, -0.15) is 21.0 Å². The fraction of sp³-hybridized carbons (Fsp3) is 0.353. The van der Waals surface area contributed by atoms with Gasteiger partial charge in [0.2, 0.25) is 5.41 Å². The predicted molar refractivity (Wildman–Crippen MR) is 86.5 cm³/mol. The van der Waals surface area contributed by atoms with Gasteiger partial charge < -0.3 is 9.47 Å². The van der Waals surface area contributed by atoms with Crippen LogP contribution in [0.4, 0.5) is 0 Å². The molecule has 0 saturated carbocycles. The van der Waals surface area contributed by atoms with Gasteiger partial charge in [0.05, 0.1) is 41.8 Å². The van der Waals surface area contributed by atoms with E-state index in [2.05, 4.69) is 15.9 Å². The highest BCUT2D eigenvalue weighted by molar-refractivity contribution is 9.09. The summed E-state index contributed by atoms with van der Waals surface area (Å²) >= 11 is 3.28. The topological polar surface area (TPSA) is 131 Å². The molecule has 2 rings (SSSR count). The molecule has 0 saturated heterocycles. The van der Waals surface area contributed by atoms with Gasteiger partial charge in [-0.1, -0.05) is 28.1 Å². The minimum atomic E-state index is -2.10. The van der Waals surface area contributed by atoms with E-state index in [1.807, 2.05) is 24.3 Å². The first-order valence-electron chi connectivity index (χ1n) is 6.97. The number of halogens is 1. The molecular weight excluding hydrogens is 388 g/mol. The molecule has 0 aromatic heterocycles. The van der Waals surface area contributed by atoms with Crippen molar-refractivity contribution in [2.24, 2.45) is 10.8 Å². The van der Waals surface area contributed by atoms with Gasteiger partial charge in [-0.25, -0.2) is 4.79 Å². The molecule has 0 heterocycles. The van der Waals surface area contributed by atoms with Crippen LogP contribution in [0.1, 0.15) is 32.4 Å². The number of nitriles is 4. The SMILES string of the molecule is COC(=O)c1cccc2c1[C@@H](Br)C(C#N)(C#N)C(C#N)(C#N)[C@H]2OC. The number of benzene rings is 1. The second-order valence-corrected chi connectivity index (χ2v) is 6.26. The van der Waals surface area contributed by atoms with Gasteiger partial charge in [0.25, 0.3) is 0 Å². The Labute approximate surface area is 152 Å². The van der Waals surface area contributed by atoms with Crippen molar-refractivity contribution in [3.8, 4) is 24.3 Å². The van der Waals surface area contributed by atoms with Crippen LogP contribution in [0.15, 0.2) is 18.2 Å². The van der Waals surface area contributed by atoms with Gasteiger partial charge in [-0.3, -0.25) is 0 Å². The van der Waals surface area contributed by atoms with Crippen LogP contribution in [0.25, 0.3) is 0 Å². The molecule has 8 heteroatoms. The lowest BCUT2D eigenvalue weighted by Crippen LogP contribution is -2.50. The van der Waals surface area contributed by atoms with Crippen molar-refractivity contribution in [1.82, 2.24) is 0 Å². The van der Waals surface area contributed by atoms with Crippen molar-refractivity contribution < 1.29 is 14.3 Å². The number of carbonyl (C=O) groups is 1. The van der Waals surface area contributed by atoms with E-state index in [1.165, 1.54) is 20.3 Å². The summed E-state index contributed by atoms with van der Waals surface area (Å²) in [7, 11) is 2.48. The molecule has 1 aromatic carbocycles. The van der Waals surface area contributed by atoms with Crippen LogP contribution in [0, 0.1) is 56.2 Å². The normalized spacial score (nSPS) is 22.2. The summed E-state index contributed by atoms with van der Waals surface area (Å²) in [5, 5.41) is 39.0. The largest absolute Gasteiger partial charge is 0.465 e. The number of alkyl halides is 1. The second-order valence-electron chi connectivity index (χ2n) is 5.34. The van der Waals surface area contributed by atoms with Crippen LogP contribution in [-0.4, -0.2) is 20.2 Å².